The van der Waals surface area contributed by atoms with Crippen molar-refractivity contribution in [1.29, 1.82) is 0 Å². The molecular weight excluding hydrogens is 188 g/mol. The summed E-state index contributed by atoms with van der Waals surface area (Å²) in [5, 5.41) is 8.89. The maximum absolute atomic E-state index is 8.89. The van der Waals surface area contributed by atoms with Gasteiger partial charge in [0.1, 0.15) is 0 Å². The Morgan fingerprint density at radius 1 is 1.13 bits per heavy atom. The number of hydrogen-bond acceptors (Lipinski definition) is 3. The van der Waals surface area contributed by atoms with E-state index >= 15 is 0 Å². The highest BCUT2D eigenvalue weighted by atomic mass is 16.3. The van der Waals surface area contributed by atoms with Gasteiger partial charge in [-0.05, 0) is 32.9 Å². The molecule has 15 heavy (non-hydrogen) atoms. The van der Waals surface area contributed by atoms with E-state index in [1.165, 1.54) is 18.5 Å². The largest absolute Gasteiger partial charge is 0.395 e. The first-order chi connectivity index (χ1) is 7.22. The van der Waals surface area contributed by atoms with Crippen LogP contribution in [0.4, 0.5) is 0 Å². The highest BCUT2D eigenvalue weighted by Gasteiger charge is 2.13. The van der Waals surface area contributed by atoms with Gasteiger partial charge in [-0.25, -0.2) is 0 Å². The Labute approximate surface area is 93.4 Å². The molecule has 1 rings (SSSR count). The molecule has 1 fully saturated rings. The second kappa shape index (κ2) is 6.99. The lowest BCUT2D eigenvalue weighted by Gasteiger charge is -2.21. The summed E-state index contributed by atoms with van der Waals surface area (Å²) in [4.78, 5) is 4.85. The van der Waals surface area contributed by atoms with Crippen LogP contribution in [-0.2, 0) is 0 Å². The summed E-state index contributed by atoms with van der Waals surface area (Å²) < 4.78 is 0. The van der Waals surface area contributed by atoms with Gasteiger partial charge < -0.3 is 10.0 Å². The number of nitrogens with zero attached hydrogens (tertiary/aromatic N) is 2. The first kappa shape index (κ1) is 12.7. The van der Waals surface area contributed by atoms with Crippen LogP contribution in [0.1, 0.15) is 19.8 Å². The minimum Gasteiger partial charge on any atom is -0.395 e. The minimum absolute atomic E-state index is 0.283. The lowest BCUT2D eigenvalue weighted by Crippen LogP contribution is -2.32. The van der Waals surface area contributed by atoms with Crippen LogP contribution in [0.2, 0.25) is 0 Å². The van der Waals surface area contributed by atoms with Gasteiger partial charge >= 0.3 is 0 Å². The molecule has 0 amide bonds. The Morgan fingerprint density at radius 2 is 1.73 bits per heavy atom. The van der Waals surface area contributed by atoms with Gasteiger partial charge in [0, 0.05) is 26.2 Å². The molecule has 1 heterocycles. The fourth-order valence-electron chi connectivity index (χ4n) is 1.96. The number of rotatable bonds is 5. The van der Waals surface area contributed by atoms with E-state index in [-0.39, 0.29) is 6.61 Å². The predicted octanol–water partition coefficient (Wildman–Crippen LogP) is 0.953. The first-order valence-electron chi connectivity index (χ1n) is 5.92. The zero-order valence-corrected chi connectivity index (χ0v) is 9.91. The Bertz CT molecular complexity index is 194. The second-order valence-electron chi connectivity index (χ2n) is 4.47. The fraction of sp³-hybridized carbons (Fsp3) is 0.833. The number of β-amino-alcohol motifs (C(OH)–C–C–N with tert-alkyl or cyclic N) is 1. The Morgan fingerprint density at radius 3 is 2.27 bits per heavy atom. The molecule has 88 valence electrons. The van der Waals surface area contributed by atoms with Crippen LogP contribution in [0, 0.1) is 0 Å². The lowest BCUT2D eigenvalue weighted by atomic mass is 10.2. The van der Waals surface area contributed by atoms with E-state index in [1.807, 2.05) is 0 Å². The van der Waals surface area contributed by atoms with E-state index in [4.69, 9.17) is 5.11 Å². The molecular formula is C12H24N2O. The van der Waals surface area contributed by atoms with Gasteiger partial charge in [-0.1, -0.05) is 5.57 Å². The summed E-state index contributed by atoms with van der Waals surface area (Å²) in [5.41, 5.74) is 1.27. The van der Waals surface area contributed by atoms with Crippen LogP contribution in [0.3, 0.4) is 0 Å². The van der Waals surface area contributed by atoms with E-state index < -0.39 is 0 Å². The molecule has 0 radical (unpaired) electrons. The van der Waals surface area contributed by atoms with Gasteiger partial charge in [-0.2, -0.15) is 0 Å². The first-order valence-corrected chi connectivity index (χ1v) is 5.92. The maximum atomic E-state index is 8.89. The summed E-state index contributed by atoms with van der Waals surface area (Å²) in [6, 6.07) is 0. The summed E-state index contributed by atoms with van der Waals surface area (Å²) in [6.07, 6.45) is 2.33. The van der Waals surface area contributed by atoms with Crippen LogP contribution >= 0.6 is 0 Å². The molecule has 0 atom stereocenters. The van der Waals surface area contributed by atoms with Gasteiger partial charge in [-0.3, -0.25) is 4.90 Å². The highest BCUT2D eigenvalue weighted by molar-refractivity contribution is 4.89. The average Bonchev–Trinajstić information content (AvgIpc) is 2.41. The summed E-state index contributed by atoms with van der Waals surface area (Å²) in [6.45, 7) is 12.8. The van der Waals surface area contributed by atoms with E-state index in [9.17, 15) is 0 Å². The van der Waals surface area contributed by atoms with Crippen molar-refractivity contribution in [3.8, 4) is 0 Å². The Hall–Kier alpha value is -0.380. The van der Waals surface area contributed by atoms with Crippen molar-refractivity contribution >= 4 is 0 Å². The molecule has 0 saturated carbocycles. The quantitative estimate of drug-likeness (QED) is 0.687. The summed E-state index contributed by atoms with van der Waals surface area (Å²) in [7, 11) is 0. The van der Waals surface area contributed by atoms with Crippen LogP contribution in [0.5, 0.6) is 0 Å². The molecule has 0 bridgehead atoms. The molecule has 1 saturated heterocycles. The average molecular weight is 212 g/mol. The van der Waals surface area contributed by atoms with Crippen LogP contribution in [0.15, 0.2) is 12.2 Å². The molecule has 0 aromatic heterocycles. The van der Waals surface area contributed by atoms with Gasteiger partial charge in [0.2, 0.25) is 0 Å². The normalized spacial score (nSPS) is 20.1. The van der Waals surface area contributed by atoms with Crippen molar-refractivity contribution in [3.05, 3.63) is 12.2 Å². The molecule has 1 aliphatic heterocycles. The topological polar surface area (TPSA) is 26.7 Å². The molecule has 0 aliphatic carbocycles. The summed E-state index contributed by atoms with van der Waals surface area (Å²) >= 11 is 0. The van der Waals surface area contributed by atoms with Crippen LogP contribution < -0.4 is 0 Å². The third kappa shape index (κ3) is 5.30. The fourth-order valence-corrected chi connectivity index (χ4v) is 1.96. The van der Waals surface area contributed by atoms with Crippen molar-refractivity contribution in [2.75, 3.05) is 45.9 Å². The molecule has 3 nitrogen and oxygen atoms in total. The van der Waals surface area contributed by atoms with Crippen LogP contribution in [-0.4, -0.2) is 60.8 Å². The second-order valence-corrected chi connectivity index (χ2v) is 4.47. The van der Waals surface area contributed by atoms with Crippen molar-refractivity contribution < 1.29 is 5.11 Å². The maximum Gasteiger partial charge on any atom is 0.0558 e. The monoisotopic (exact) mass is 212 g/mol. The lowest BCUT2D eigenvalue weighted by molar-refractivity contribution is 0.197. The van der Waals surface area contributed by atoms with E-state index in [1.54, 1.807) is 0 Å². The zero-order valence-electron chi connectivity index (χ0n) is 9.91. The molecule has 3 heteroatoms. The van der Waals surface area contributed by atoms with Crippen molar-refractivity contribution in [2.45, 2.75) is 19.8 Å². The minimum atomic E-state index is 0.283. The molecule has 1 aliphatic rings. The SMILES string of the molecule is C=C(C)CCN1CCCN(CCO)CC1. The molecule has 1 N–H and O–H groups in total. The van der Waals surface area contributed by atoms with Crippen molar-refractivity contribution in [2.24, 2.45) is 0 Å². The van der Waals surface area contributed by atoms with Crippen molar-refractivity contribution in [3.63, 3.8) is 0 Å². The van der Waals surface area contributed by atoms with Gasteiger partial charge in [0.05, 0.1) is 6.61 Å². The molecule has 0 unspecified atom stereocenters. The van der Waals surface area contributed by atoms with Crippen LogP contribution in [0.25, 0.3) is 0 Å². The Balaban J connectivity index is 2.23. The standard InChI is InChI=1S/C12H24N2O/c1-12(2)4-7-13-5-3-6-14(9-8-13)10-11-15/h15H,1,3-11H2,2H3. The molecule has 0 aromatic rings. The molecule has 0 spiro atoms. The molecule has 0 aromatic carbocycles. The number of aliphatic hydroxyl groups excluding tert-OH is 1. The van der Waals surface area contributed by atoms with Gasteiger partial charge in [0.15, 0.2) is 0 Å². The van der Waals surface area contributed by atoms with Crippen molar-refractivity contribution in [1.82, 2.24) is 9.80 Å². The zero-order chi connectivity index (χ0) is 11.1. The summed E-state index contributed by atoms with van der Waals surface area (Å²) in [5.74, 6) is 0. The van der Waals surface area contributed by atoms with Gasteiger partial charge in [0.25, 0.3) is 0 Å². The van der Waals surface area contributed by atoms with E-state index in [2.05, 4.69) is 23.3 Å². The Kier molecular flexibility index (Phi) is 5.91. The number of aliphatic hydroxyl groups is 1. The highest BCUT2D eigenvalue weighted by Crippen LogP contribution is 2.05. The van der Waals surface area contributed by atoms with Gasteiger partial charge in [-0.15, -0.1) is 6.58 Å². The smallest absolute Gasteiger partial charge is 0.0558 e. The third-order valence-corrected chi connectivity index (χ3v) is 2.95. The third-order valence-electron chi connectivity index (χ3n) is 2.95. The van der Waals surface area contributed by atoms with E-state index in [0.29, 0.717) is 0 Å². The van der Waals surface area contributed by atoms with E-state index in [0.717, 1.165) is 39.1 Å². The predicted molar refractivity (Wildman–Crippen MR) is 64.0 cm³/mol. The number of hydrogen-bond donors (Lipinski definition) is 1.